The second-order valence-electron chi connectivity index (χ2n) is 10.6. The number of carbonyl (C=O) groups is 1. The fourth-order valence-corrected chi connectivity index (χ4v) is 6.22. The molecule has 0 bridgehead atoms. The fourth-order valence-electron chi connectivity index (χ4n) is 6.22. The molecule has 36 heavy (non-hydrogen) atoms. The Kier molecular flexibility index (Phi) is 7.06. The van der Waals surface area contributed by atoms with Gasteiger partial charge in [-0.3, -0.25) is 4.79 Å². The van der Waals surface area contributed by atoms with Crippen molar-refractivity contribution in [3.05, 3.63) is 58.4 Å². The molecule has 7 nitrogen and oxygen atoms in total. The number of anilines is 1. The van der Waals surface area contributed by atoms with Crippen LogP contribution in [0.4, 0.5) is 5.69 Å². The number of likely N-dealkylation sites (tertiary alicyclic amines) is 1. The van der Waals surface area contributed by atoms with Crippen molar-refractivity contribution in [3.8, 4) is 6.07 Å². The van der Waals surface area contributed by atoms with Gasteiger partial charge in [0.25, 0.3) is 5.91 Å². The molecule has 1 saturated heterocycles. The molecular formula is C29H35N5O2. The van der Waals surface area contributed by atoms with Gasteiger partial charge in [-0.1, -0.05) is 12.8 Å². The van der Waals surface area contributed by atoms with Crippen molar-refractivity contribution in [1.29, 1.82) is 10.7 Å². The van der Waals surface area contributed by atoms with Gasteiger partial charge in [0.2, 0.25) is 0 Å². The van der Waals surface area contributed by atoms with E-state index in [1.54, 1.807) is 11.0 Å². The molecule has 0 spiro atoms. The third-order valence-electron chi connectivity index (χ3n) is 8.32. The molecule has 1 aliphatic heterocycles. The zero-order valence-electron chi connectivity index (χ0n) is 21.0. The summed E-state index contributed by atoms with van der Waals surface area (Å²) in [5.74, 6) is 0.500. The predicted molar refractivity (Wildman–Crippen MR) is 139 cm³/mol. The third kappa shape index (κ3) is 4.87. The van der Waals surface area contributed by atoms with Crippen LogP contribution in [0.3, 0.4) is 0 Å². The number of aliphatic hydroxyl groups excluding tert-OH is 1. The number of aryl methyl sites for hydroxylation is 2. The van der Waals surface area contributed by atoms with Gasteiger partial charge in [0.05, 0.1) is 23.4 Å². The topological polar surface area (TPSA) is 113 Å². The first kappa shape index (κ1) is 24.5. The number of pyridine rings is 1. The molecule has 2 aliphatic carbocycles. The Morgan fingerprint density at radius 3 is 2.61 bits per heavy atom. The molecule has 5 rings (SSSR count). The number of hydrogen-bond acceptors (Lipinski definition) is 6. The smallest absolute Gasteiger partial charge is 0.272 e. The quantitative estimate of drug-likeness (QED) is 0.579. The Morgan fingerprint density at radius 1 is 1.17 bits per heavy atom. The molecular weight excluding hydrogens is 450 g/mol. The Morgan fingerprint density at radius 2 is 1.92 bits per heavy atom. The summed E-state index contributed by atoms with van der Waals surface area (Å²) in [5, 5.41) is 32.0. The van der Waals surface area contributed by atoms with Gasteiger partial charge in [0, 0.05) is 42.0 Å². The van der Waals surface area contributed by atoms with E-state index in [0.717, 1.165) is 35.3 Å². The van der Waals surface area contributed by atoms with Crippen LogP contribution in [-0.4, -0.2) is 51.8 Å². The van der Waals surface area contributed by atoms with Crippen molar-refractivity contribution < 1.29 is 9.90 Å². The highest BCUT2D eigenvalue weighted by Crippen LogP contribution is 2.38. The van der Waals surface area contributed by atoms with E-state index in [1.807, 2.05) is 31.2 Å². The highest BCUT2D eigenvalue weighted by molar-refractivity contribution is 6.03. The van der Waals surface area contributed by atoms with Gasteiger partial charge >= 0.3 is 0 Å². The lowest BCUT2D eigenvalue weighted by Gasteiger charge is -2.37. The monoisotopic (exact) mass is 485 g/mol. The molecule has 0 radical (unpaired) electrons. The molecule has 1 aromatic heterocycles. The first-order chi connectivity index (χ1) is 17.4. The second-order valence-corrected chi connectivity index (χ2v) is 10.6. The van der Waals surface area contributed by atoms with E-state index in [0.29, 0.717) is 48.8 Å². The number of carbonyl (C=O) groups excluding carboxylic acids is 1. The largest absolute Gasteiger partial charge is 0.393 e. The van der Waals surface area contributed by atoms with Gasteiger partial charge in [0.1, 0.15) is 5.69 Å². The van der Waals surface area contributed by atoms with Crippen molar-refractivity contribution >= 4 is 17.3 Å². The van der Waals surface area contributed by atoms with E-state index in [2.05, 4.69) is 11.4 Å². The maximum Gasteiger partial charge on any atom is 0.272 e. The number of piperidine rings is 1. The summed E-state index contributed by atoms with van der Waals surface area (Å²) in [4.78, 5) is 19.5. The molecule has 2 aromatic rings. The summed E-state index contributed by atoms with van der Waals surface area (Å²) in [5.41, 5.74) is 5.41. The van der Waals surface area contributed by atoms with Crippen LogP contribution >= 0.6 is 0 Å². The maximum absolute atomic E-state index is 13.0. The summed E-state index contributed by atoms with van der Waals surface area (Å²) < 4.78 is 0. The van der Waals surface area contributed by atoms with Crippen LogP contribution in [0.1, 0.15) is 77.8 Å². The normalized spacial score (nSPS) is 21.6. The number of nitrogens with zero attached hydrogens (tertiary/aromatic N) is 3. The van der Waals surface area contributed by atoms with E-state index in [-0.39, 0.29) is 24.0 Å². The number of fused-ring (bicyclic) bond motifs is 1. The molecule has 1 amide bonds. The summed E-state index contributed by atoms with van der Waals surface area (Å²) in [6.07, 6.45) is 7.26. The van der Waals surface area contributed by atoms with Crippen LogP contribution in [0.15, 0.2) is 30.3 Å². The van der Waals surface area contributed by atoms with Gasteiger partial charge < -0.3 is 20.7 Å². The SMILES string of the molecule is Cc1cc(NC(C2CCCC2)C2CCc3nc(C(=O)N4CCC(O)CC4)ccc3C2=N)ccc1C#N. The van der Waals surface area contributed by atoms with Crippen molar-refractivity contribution in [2.75, 3.05) is 18.4 Å². The standard InChI is InChI=1S/C29H35N5O2/c1-18-16-21(7-6-20(18)17-30)32-28(19-4-2-3-5-19)24-9-10-25-23(27(24)31)8-11-26(33-25)29(36)34-14-12-22(35)13-15-34/h6-8,11,16,19,22,24,28,31-32,35H,2-5,9-10,12-15H2,1H3. The molecule has 7 heteroatoms. The number of aliphatic hydroxyl groups is 1. The molecule has 3 N–H and O–H groups in total. The van der Waals surface area contributed by atoms with Crippen LogP contribution in [0.5, 0.6) is 0 Å². The van der Waals surface area contributed by atoms with Crippen LogP contribution in [0, 0.1) is 35.5 Å². The average molecular weight is 486 g/mol. The lowest BCUT2D eigenvalue weighted by atomic mass is 9.75. The molecule has 2 heterocycles. The van der Waals surface area contributed by atoms with Gasteiger partial charge in [-0.05, 0) is 87.3 Å². The van der Waals surface area contributed by atoms with Gasteiger partial charge in [-0.25, -0.2) is 4.98 Å². The Hall–Kier alpha value is -3.24. The van der Waals surface area contributed by atoms with E-state index in [4.69, 9.17) is 10.4 Å². The van der Waals surface area contributed by atoms with Crippen LogP contribution in [0.25, 0.3) is 0 Å². The van der Waals surface area contributed by atoms with Gasteiger partial charge in [-0.15, -0.1) is 0 Å². The van der Waals surface area contributed by atoms with Crippen LogP contribution in [-0.2, 0) is 6.42 Å². The van der Waals surface area contributed by atoms with Crippen LogP contribution in [0.2, 0.25) is 0 Å². The number of hydrogen-bond donors (Lipinski definition) is 3. The van der Waals surface area contributed by atoms with Crippen molar-refractivity contribution in [2.45, 2.75) is 70.4 Å². The first-order valence-corrected chi connectivity index (χ1v) is 13.3. The molecule has 2 atom stereocenters. The number of rotatable bonds is 5. The maximum atomic E-state index is 13.0. The minimum Gasteiger partial charge on any atom is -0.393 e. The molecule has 2 fully saturated rings. The Bertz CT molecular complexity index is 1190. The number of amides is 1. The first-order valence-electron chi connectivity index (χ1n) is 13.3. The third-order valence-corrected chi connectivity index (χ3v) is 8.32. The van der Waals surface area contributed by atoms with Crippen molar-refractivity contribution in [1.82, 2.24) is 9.88 Å². The number of aromatic nitrogens is 1. The van der Waals surface area contributed by atoms with Gasteiger partial charge in [0.15, 0.2) is 0 Å². The summed E-state index contributed by atoms with van der Waals surface area (Å²) in [6, 6.07) is 12.0. The van der Waals surface area contributed by atoms with Crippen molar-refractivity contribution in [2.24, 2.45) is 11.8 Å². The van der Waals surface area contributed by atoms with Gasteiger partial charge in [-0.2, -0.15) is 5.26 Å². The zero-order chi connectivity index (χ0) is 25.2. The second kappa shape index (κ2) is 10.4. The zero-order valence-corrected chi connectivity index (χ0v) is 21.0. The van der Waals surface area contributed by atoms with E-state index < -0.39 is 0 Å². The van der Waals surface area contributed by atoms with Crippen molar-refractivity contribution in [3.63, 3.8) is 0 Å². The Labute approximate surface area is 213 Å². The summed E-state index contributed by atoms with van der Waals surface area (Å²) in [7, 11) is 0. The molecule has 1 aromatic carbocycles. The lowest BCUT2D eigenvalue weighted by molar-refractivity contribution is 0.0541. The van der Waals surface area contributed by atoms with E-state index in [9.17, 15) is 15.2 Å². The lowest BCUT2D eigenvalue weighted by Crippen LogP contribution is -2.43. The molecule has 1 saturated carbocycles. The minimum absolute atomic E-state index is 0.0727. The molecule has 3 aliphatic rings. The summed E-state index contributed by atoms with van der Waals surface area (Å²) >= 11 is 0. The predicted octanol–water partition coefficient (Wildman–Crippen LogP) is 4.46. The van der Waals surface area contributed by atoms with E-state index in [1.165, 1.54) is 25.7 Å². The highest BCUT2D eigenvalue weighted by atomic mass is 16.3. The summed E-state index contributed by atoms with van der Waals surface area (Å²) in [6.45, 7) is 3.07. The Balaban J connectivity index is 1.36. The number of benzene rings is 1. The number of nitriles is 1. The minimum atomic E-state index is -0.322. The highest BCUT2D eigenvalue weighted by Gasteiger charge is 2.37. The average Bonchev–Trinajstić information content (AvgIpc) is 3.43. The molecule has 2 unspecified atom stereocenters. The number of nitrogens with one attached hydrogen (secondary N) is 2. The van der Waals surface area contributed by atoms with Crippen LogP contribution < -0.4 is 5.32 Å². The molecule has 188 valence electrons. The fraction of sp³-hybridized carbons (Fsp3) is 0.517. The van der Waals surface area contributed by atoms with E-state index >= 15 is 0 Å².